The van der Waals surface area contributed by atoms with Gasteiger partial charge in [-0.05, 0) is 23.8 Å². The van der Waals surface area contributed by atoms with E-state index >= 15 is 0 Å². The number of rotatable bonds is 2. The van der Waals surface area contributed by atoms with Crippen LogP contribution in [0, 0.1) is 0 Å². The lowest BCUT2D eigenvalue weighted by molar-refractivity contribution is -0.118. The SMILES string of the molecule is CC(=O)N/C=C/c1ccc(Cl)cc1. The second-order valence-corrected chi connectivity index (χ2v) is 3.02. The Morgan fingerprint density at radius 3 is 2.54 bits per heavy atom. The molecule has 0 aliphatic heterocycles. The molecule has 1 N–H and O–H groups in total. The summed E-state index contributed by atoms with van der Waals surface area (Å²) in [6.45, 7) is 1.46. The zero-order valence-corrected chi connectivity index (χ0v) is 8.01. The van der Waals surface area contributed by atoms with Crippen LogP contribution in [-0.4, -0.2) is 5.91 Å². The molecule has 3 heteroatoms. The van der Waals surface area contributed by atoms with Crippen LogP contribution in [0.25, 0.3) is 6.08 Å². The maximum atomic E-state index is 10.5. The Morgan fingerprint density at radius 1 is 1.38 bits per heavy atom. The van der Waals surface area contributed by atoms with Crippen molar-refractivity contribution in [1.29, 1.82) is 0 Å². The van der Waals surface area contributed by atoms with Crippen molar-refractivity contribution in [2.24, 2.45) is 0 Å². The molecule has 0 radical (unpaired) electrons. The largest absolute Gasteiger partial charge is 0.333 e. The Bertz CT molecular complexity index is 316. The summed E-state index contributed by atoms with van der Waals surface area (Å²) in [5.41, 5.74) is 0.998. The fourth-order valence-electron chi connectivity index (χ4n) is 0.829. The number of benzene rings is 1. The smallest absolute Gasteiger partial charge is 0.220 e. The second-order valence-electron chi connectivity index (χ2n) is 2.59. The van der Waals surface area contributed by atoms with Crippen molar-refractivity contribution >= 4 is 23.6 Å². The van der Waals surface area contributed by atoms with Gasteiger partial charge in [0.2, 0.25) is 5.91 Å². The van der Waals surface area contributed by atoms with Gasteiger partial charge >= 0.3 is 0 Å². The molecule has 0 atom stereocenters. The molecule has 2 nitrogen and oxygen atoms in total. The standard InChI is InChI=1S/C10H10ClNO/c1-8(13)12-7-6-9-2-4-10(11)5-3-9/h2-7H,1H3,(H,12,13)/b7-6+. The lowest BCUT2D eigenvalue weighted by Crippen LogP contribution is -2.10. The van der Waals surface area contributed by atoms with Crippen LogP contribution >= 0.6 is 11.6 Å². The molecule has 1 aromatic carbocycles. The fourth-order valence-corrected chi connectivity index (χ4v) is 0.955. The second kappa shape index (κ2) is 4.67. The molecule has 0 aliphatic rings. The Hall–Kier alpha value is -1.28. The fraction of sp³-hybridized carbons (Fsp3) is 0.100. The van der Waals surface area contributed by atoms with Gasteiger partial charge < -0.3 is 5.32 Å². The van der Waals surface area contributed by atoms with E-state index in [1.807, 2.05) is 12.1 Å². The van der Waals surface area contributed by atoms with Crippen LogP contribution in [0.4, 0.5) is 0 Å². The Labute approximate surface area is 82.2 Å². The third-order valence-corrected chi connectivity index (χ3v) is 1.68. The predicted octanol–water partition coefficient (Wildman–Crippen LogP) is 2.45. The molecule has 0 aliphatic carbocycles. The van der Waals surface area contributed by atoms with Crippen molar-refractivity contribution in [3.05, 3.63) is 41.1 Å². The molecule has 0 fully saturated rings. The van der Waals surface area contributed by atoms with Crippen molar-refractivity contribution in [3.8, 4) is 0 Å². The van der Waals surface area contributed by atoms with Gasteiger partial charge in [0.15, 0.2) is 0 Å². The summed E-state index contributed by atoms with van der Waals surface area (Å²) in [7, 11) is 0. The third kappa shape index (κ3) is 3.76. The van der Waals surface area contributed by atoms with Crippen LogP contribution in [0.2, 0.25) is 5.02 Å². The number of hydrogen-bond acceptors (Lipinski definition) is 1. The molecule has 1 rings (SSSR count). The van der Waals surface area contributed by atoms with E-state index in [0.29, 0.717) is 5.02 Å². The van der Waals surface area contributed by atoms with E-state index in [1.165, 1.54) is 6.92 Å². The van der Waals surface area contributed by atoms with Gasteiger partial charge in [-0.3, -0.25) is 4.79 Å². The number of carbonyl (C=O) groups excluding carboxylic acids is 1. The van der Waals surface area contributed by atoms with E-state index in [2.05, 4.69) is 5.32 Å². The summed E-state index contributed by atoms with van der Waals surface area (Å²) >= 11 is 5.70. The first-order chi connectivity index (χ1) is 6.18. The first-order valence-electron chi connectivity index (χ1n) is 3.88. The summed E-state index contributed by atoms with van der Waals surface area (Å²) in [6.07, 6.45) is 3.41. The first kappa shape index (κ1) is 9.81. The molecule has 0 bridgehead atoms. The summed E-state index contributed by atoms with van der Waals surface area (Å²) in [6, 6.07) is 7.35. The normalized spacial score (nSPS) is 10.3. The molecule has 0 saturated carbocycles. The van der Waals surface area contributed by atoms with Gasteiger partial charge in [-0.1, -0.05) is 23.7 Å². The van der Waals surface area contributed by atoms with Crippen LogP contribution in [0.3, 0.4) is 0 Å². The van der Waals surface area contributed by atoms with Crippen molar-refractivity contribution in [2.45, 2.75) is 6.92 Å². The number of carbonyl (C=O) groups is 1. The molecule has 0 heterocycles. The van der Waals surface area contributed by atoms with Gasteiger partial charge in [0.1, 0.15) is 0 Å². The Morgan fingerprint density at radius 2 is 2.00 bits per heavy atom. The van der Waals surface area contributed by atoms with Crippen molar-refractivity contribution in [2.75, 3.05) is 0 Å². The molecular weight excluding hydrogens is 186 g/mol. The molecule has 1 amide bonds. The van der Waals surface area contributed by atoms with Gasteiger partial charge in [-0.2, -0.15) is 0 Å². The van der Waals surface area contributed by atoms with Crippen LogP contribution in [0.1, 0.15) is 12.5 Å². The Balaban J connectivity index is 2.59. The van der Waals surface area contributed by atoms with Crippen molar-refractivity contribution in [3.63, 3.8) is 0 Å². The molecule has 0 aromatic heterocycles. The maximum Gasteiger partial charge on any atom is 0.220 e. The highest BCUT2D eigenvalue weighted by atomic mass is 35.5. The first-order valence-corrected chi connectivity index (χ1v) is 4.25. The number of halogens is 1. The predicted molar refractivity (Wildman–Crippen MR) is 54.3 cm³/mol. The lowest BCUT2D eigenvalue weighted by atomic mass is 10.2. The van der Waals surface area contributed by atoms with Gasteiger partial charge in [-0.15, -0.1) is 0 Å². The molecule has 0 spiro atoms. The van der Waals surface area contributed by atoms with Crippen LogP contribution in [-0.2, 0) is 4.79 Å². The topological polar surface area (TPSA) is 29.1 Å². The Kier molecular flexibility index (Phi) is 3.53. The van der Waals surface area contributed by atoms with E-state index in [0.717, 1.165) is 5.56 Å². The minimum absolute atomic E-state index is 0.0785. The van der Waals surface area contributed by atoms with Gasteiger partial charge in [0.05, 0.1) is 0 Å². The molecular formula is C10H10ClNO. The monoisotopic (exact) mass is 195 g/mol. The molecule has 0 unspecified atom stereocenters. The summed E-state index contributed by atoms with van der Waals surface area (Å²) in [5.74, 6) is -0.0785. The highest BCUT2D eigenvalue weighted by Gasteiger charge is 1.87. The maximum absolute atomic E-state index is 10.5. The van der Waals surface area contributed by atoms with Crippen molar-refractivity contribution in [1.82, 2.24) is 5.32 Å². The van der Waals surface area contributed by atoms with Crippen molar-refractivity contribution < 1.29 is 4.79 Å². The van der Waals surface area contributed by atoms with Crippen LogP contribution in [0.5, 0.6) is 0 Å². The highest BCUT2D eigenvalue weighted by molar-refractivity contribution is 6.30. The van der Waals surface area contributed by atoms with Crippen LogP contribution in [0.15, 0.2) is 30.5 Å². The highest BCUT2D eigenvalue weighted by Crippen LogP contribution is 2.09. The van der Waals surface area contributed by atoms with E-state index in [1.54, 1.807) is 24.4 Å². The summed E-state index contributed by atoms with van der Waals surface area (Å²) < 4.78 is 0. The molecule has 1 aromatic rings. The zero-order valence-electron chi connectivity index (χ0n) is 7.25. The molecule has 13 heavy (non-hydrogen) atoms. The van der Waals surface area contributed by atoms with Gasteiger partial charge in [0.25, 0.3) is 0 Å². The summed E-state index contributed by atoms with van der Waals surface area (Å²) in [4.78, 5) is 10.5. The summed E-state index contributed by atoms with van der Waals surface area (Å²) in [5, 5.41) is 3.26. The number of hydrogen-bond donors (Lipinski definition) is 1. The quantitative estimate of drug-likeness (QED) is 0.772. The average Bonchev–Trinajstić information content (AvgIpc) is 2.08. The van der Waals surface area contributed by atoms with E-state index < -0.39 is 0 Å². The number of nitrogens with one attached hydrogen (secondary N) is 1. The molecule has 0 saturated heterocycles. The third-order valence-electron chi connectivity index (χ3n) is 1.43. The van der Waals surface area contributed by atoms with Gasteiger partial charge in [0, 0.05) is 18.1 Å². The lowest BCUT2D eigenvalue weighted by Gasteiger charge is -1.94. The van der Waals surface area contributed by atoms with E-state index in [-0.39, 0.29) is 5.91 Å². The van der Waals surface area contributed by atoms with Crippen LogP contribution < -0.4 is 5.32 Å². The molecule has 68 valence electrons. The minimum Gasteiger partial charge on any atom is -0.333 e. The average molecular weight is 196 g/mol. The zero-order chi connectivity index (χ0) is 9.68. The van der Waals surface area contributed by atoms with E-state index in [9.17, 15) is 4.79 Å². The van der Waals surface area contributed by atoms with Gasteiger partial charge in [-0.25, -0.2) is 0 Å². The number of amides is 1. The van der Waals surface area contributed by atoms with E-state index in [4.69, 9.17) is 11.6 Å². The minimum atomic E-state index is -0.0785.